The van der Waals surface area contributed by atoms with Gasteiger partial charge < -0.3 is 10.1 Å². The molecule has 0 spiro atoms. The lowest BCUT2D eigenvalue weighted by Gasteiger charge is -2.34. The van der Waals surface area contributed by atoms with E-state index in [1.165, 1.54) is 5.56 Å². The Kier molecular flexibility index (Phi) is 3.44. The second-order valence-electron chi connectivity index (χ2n) is 4.12. The lowest BCUT2D eigenvalue weighted by atomic mass is 10.0. The van der Waals surface area contributed by atoms with E-state index in [9.17, 15) is 0 Å². The third-order valence-corrected chi connectivity index (χ3v) is 3.23. The molecule has 1 fully saturated rings. The van der Waals surface area contributed by atoms with Gasteiger partial charge in [0.1, 0.15) is 0 Å². The number of halogens is 1. The Morgan fingerprint density at radius 3 is 2.93 bits per heavy atom. The molecular formula is C12H16BrNO. The fourth-order valence-electron chi connectivity index (χ4n) is 1.93. The van der Waals surface area contributed by atoms with Crippen molar-refractivity contribution in [1.82, 2.24) is 5.32 Å². The minimum absolute atomic E-state index is 0.159. The van der Waals surface area contributed by atoms with Gasteiger partial charge in [-0.15, -0.1) is 0 Å². The first kappa shape index (κ1) is 11.1. The van der Waals surface area contributed by atoms with E-state index in [2.05, 4.69) is 53.3 Å². The van der Waals surface area contributed by atoms with E-state index in [-0.39, 0.29) is 12.2 Å². The topological polar surface area (TPSA) is 21.3 Å². The van der Waals surface area contributed by atoms with Gasteiger partial charge in [-0.3, -0.25) is 0 Å². The van der Waals surface area contributed by atoms with Crippen LogP contribution in [0.5, 0.6) is 0 Å². The molecule has 1 aromatic rings. The molecule has 2 nitrogen and oxygen atoms in total. The normalized spacial score (nSPS) is 31.5. The van der Waals surface area contributed by atoms with E-state index in [1.54, 1.807) is 0 Å². The first-order valence-electron chi connectivity index (χ1n) is 5.31. The van der Waals surface area contributed by atoms with Crippen molar-refractivity contribution >= 4 is 15.9 Å². The molecule has 1 saturated heterocycles. The van der Waals surface area contributed by atoms with Crippen LogP contribution >= 0.6 is 15.9 Å². The predicted octanol–water partition coefficient (Wildman–Crippen LogP) is 2.89. The quantitative estimate of drug-likeness (QED) is 0.847. The highest BCUT2D eigenvalue weighted by atomic mass is 79.9. The molecule has 3 unspecified atom stereocenters. The summed E-state index contributed by atoms with van der Waals surface area (Å²) in [5.74, 6) is 0. The van der Waals surface area contributed by atoms with Crippen LogP contribution in [-0.4, -0.2) is 18.7 Å². The van der Waals surface area contributed by atoms with Gasteiger partial charge in [0.25, 0.3) is 0 Å². The Hall–Kier alpha value is -0.380. The van der Waals surface area contributed by atoms with Crippen LogP contribution in [0.3, 0.4) is 0 Å². The molecule has 1 N–H and O–H groups in total. The van der Waals surface area contributed by atoms with Gasteiger partial charge in [-0.1, -0.05) is 28.1 Å². The largest absolute Gasteiger partial charge is 0.368 e. The number of benzene rings is 1. The zero-order valence-corrected chi connectivity index (χ0v) is 10.6. The molecule has 0 amide bonds. The van der Waals surface area contributed by atoms with Crippen molar-refractivity contribution in [3.8, 4) is 0 Å². The molecule has 1 heterocycles. The molecule has 0 saturated carbocycles. The van der Waals surface area contributed by atoms with Gasteiger partial charge in [0.2, 0.25) is 0 Å². The maximum Gasteiger partial charge on any atom is 0.0979 e. The Morgan fingerprint density at radius 2 is 2.20 bits per heavy atom. The summed E-state index contributed by atoms with van der Waals surface area (Å²) in [7, 11) is 0. The minimum Gasteiger partial charge on any atom is -0.368 e. The van der Waals surface area contributed by atoms with Crippen LogP contribution in [0.15, 0.2) is 28.7 Å². The van der Waals surface area contributed by atoms with Crippen LogP contribution in [0.4, 0.5) is 0 Å². The molecule has 1 aliphatic heterocycles. The molecule has 3 atom stereocenters. The molecular weight excluding hydrogens is 254 g/mol. The van der Waals surface area contributed by atoms with Crippen molar-refractivity contribution in [2.45, 2.75) is 32.1 Å². The monoisotopic (exact) mass is 269 g/mol. The van der Waals surface area contributed by atoms with Crippen LogP contribution in [0.25, 0.3) is 0 Å². The van der Waals surface area contributed by atoms with Gasteiger partial charge in [0, 0.05) is 17.1 Å². The lowest BCUT2D eigenvalue weighted by Crippen LogP contribution is -2.45. The summed E-state index contributed by atoms with van der Waals surface area (Å²) in [5, 5.41) is 3.46. The Morgan fingerprint density at radius 1 is 1.40 bits per heavy atom. The van der Waals surface area contributed by atoms with E-state index in [4.69, 9.17) is 4.74 Å². The van der Waals surface area contributed by atoms with Crippen LogP contribution in [0, 0.1) is 0 Å². The number of ether oxygens (including phenoxy) is 1. The van der Waals surface area contributed by atoms with Gasteiger partial charge in [-0.05, 0) is 31.5 Å². The van der Waals surface area contributed by atoms with Gasteiger partial charge >= 0.3 is 0 Å². The van der Waals surface area contributed by atoms with Crippen molar-refractivity contribution in [2.75, 3.05) is 6.54 Å². The van der Waals surface area contributed by atoms with E-state index < -0.39 is 0 Å². The smallest absolute Gasteiger partial charge is 0.0979 e. The third-order valence-electron chi connectivity index (χ3n) is 2.74. The van der Waals surface area contributed by atoms with Crippen LogP contribution < -0.4 is 5.32 Å². The van der Waals surface area contributed by atoms with E-state index in [0.29, 0.717) is 6.04 Å². The van der Waals surface area contributed by atoms with E-state index in [1.807, 2.05) is 6.07 Å². The SMILES string of the molecule is CC1CNC(C)C(c2cccc(Br)c2)O1. The van der Waals surface area contributed by atoms with Crippen LogP contribution in [0.2, 0.25) is 0 Å². The fourth-order valence-corrected chi connectivity index (χ4v) is 2.34. The molecule has 1 aliphatic rings. The standard InChI is InChI=1S/C12H16BrNO/c1-8-7-14-9(2)12(15-8)10-4-3-5-11(13)6-10/h3-6,8-9,12,14H,7H2,1-2H3. The molecule has 0 aliphatic carbocycles. The number of hydrogen-bond acceptors (Lipinski definition) is 2. The average Bonchev–Trinajstić information content (AvgIpc) is 2.22. The second kappa shape index (κ2) is 4.64. The lowest BCUT2D eigenvalue weighted by molar-refractivity contribution is -0.0520. The first-order chi connectivity index (χ1) is 7.16. The fraction of sp³-hybridized carbons (Fsp3) is 0.500. The summed E-state index contributed by atoms with van der Waals surface area (Å²) in [5.41, 5.74) is 1.23. The Bertz CT molecular complexity index is 342. The molecule has 3 heteroatoms. The summed E-state index contributed by atoms with van der Waals surface area (Å²) in [6, 6.07) is 8.70. The Labute approximate surface area is 99.1 Å². The van der Waals surface area contributed by atoms with Crippen molar-refractivity contribution < 1.29 is 4.74 Å². The second-order valence-corrected chi connectivity index (χ2v) is 5.03. The van der Waals surface area contributed by atoms with Crippen molar-refractivity contribution in [1.29, 1.82) is 0 Å². The van der Waals surface area contributed by atoms with Crippen molar-refractivity contribution in [3.63, 3.8) is 0 Å². The number of morpholine rings is 1. The molecule has 15 heavy (non-hydrogen) atoms. The summed E-state index contributed by atoms with van der Waals surface area (Å²) >= 11 is 3.49. The molecule has 0 aromatic heterocycles. The molecule has 0 bridgehead atoms. The number of rotatable bonds is 1. The van der Waals surface area contributed by atoms with Gasteiger partial charge in [-0.25, -0.2) is 0 Å². The number of hydrogen-bond donors (Lipinski definition) is 1. The van der Waals surface area contributed by atoms with Crippen LogP contribution in [0.1, 0.15) is 25.5 Å². The first-order valence-corrected chi connectivity index (χ1v) is 6.10. The zero-order valence-electron chi connectivity index (χ0n) is 9.03. The van der Waals surface area contributed by atoms with Gasteiger partial charge in [0.15, 0.2) is 0 Å². The van der Waals surface area contributed by atoms with Gasteiger partial charge in [-0.2, -0.15) is 0 Å². The van der Waals surface area contributed by atoms with Crippen LogP contribution in [-0.2, 0) is 4.74 Å². The van der Waals surface area contributed by atoms with E-state index in [0.717, 1.165) is 11.0 Å². The average molecular weight is 270 g/mol. The van der Waals surface area contributed by atoms with Crippen molar-refractivity contribution in [3.05, 3.63) is 34.3 Å². The summed E-state index contributed by atoms with van der Waals surface area (Å²) in [4.78, 5) is 0. The molecule has 2 rings (SSSR count). The van der Waals surface area contributed by atoms with Crippen molar-refractivity contribution in [2.24, 2.45) is 0 Å². The summed E-state index contributed by atoms with van der Waals surface area (Å²) in [6.07, 6.45) is 0.441. The maximum absolute atomic E-state index is 5.96. The minimum atomic E-state index is 0.159. The summed E-state index contributed by atoms with van der Waals surface area (Å²) in [6.45, 7) is 5.20. The predicted molar refractivity (Wildman–Crippen MR) is 64.9 cm³/mol. The molecule has 0 radical (unpaired) electrons. The third kappa shape index (κ3) is 2.60. The zero-order chi connectivity index (χ0) is 10.8. The number of nitrogens with one attached hydrogen (secondary N) is 1. The summed E-state index contributed by atoms with van der Waals surface area (Å²) < 4.78 is 7.06. The Balaban J connectivity index is 2.21. The highest BCUT2D eigenvalue weighted by Crippen LogP contribution is 2.27. The van der Waals surface area contributed by atoms with Gasteiger partial charge in [0.05, 0.1) is 12.2 Å². The molecule has 1 aromatic carbocycles. The highest BCUT2D eigenvalue weighted by Gasteiger charge is 2.26. The highest BCUT2D eigenvalue weighted by molar-refractivity contribution is 9.10. The maximum atomic E-state index is 5.96. The molecule has 82 valence electrons. The van der Waals surface area contributed by atoms with E-state index >= 15 is 0 Å².